The molecule has 0 spiro atoms. The fraction of sp³-hybridized carbons (Fsp3) is 0.143. The molecule has 2 aromatic carbocycles. The summed E-state index contributed by atoms with van der Waals surface area (Å²) in [5.41, 5.74) is 0.637. The number of rotatable bonds is 4. The van der Waals surface area contributed by atoms with Crippen molar-refractivity contribution in [2.75, 3.05) is 11.9 Å². The van der Waals surface area contributed by atoms with Gasteiger partial charge in [-0.15, -0.1) is 0 Å². The van der Waals surface area contributed by atoms with Crippen molar-refractivity contribution in [1.82, 2.24) is 0 Å². The molecule has 1 unspecified atom stereocenters. The normalized spacial score (nSPS) is 12.2. The Kier molecular flexibility index (Phi) is 4.96. The molecule has 0 fully saturated rings. The van der Waals surface area contributed by atoms with Gasteiger partial charge in [0.15, 0.2) is 0 Å². The van der Waals surface area contributed by atoms with Gasteiger partial charge in [0, 0.05) is 27.7 Å². The molecule has 0 aliphatic heterocycles. The lowest BCUT2D eigenvalue weighted by Gasteiger charge is -2.15. The van der Waals surface area contributed by atoms with Crippen molar-refractivity contribution in [2.45, 2.75) is 6.10 Å². The monoisotopic (exact) mass is 361 g/mol. The van der Waals surface area contributed by atoms with Crippen molar-refractivity contribution in [1.29, 1.82) is 0 Å². The standard InChI is InChI=1S/C14H11BrClF2NO/c15-10-5-8(17)6-12(18)14(10)19-7-13(20)9-3-1-2-4-11(9)16/h1-6,13,19-20H,7H2. The summed E-state index contributed by atoms with van der Waals surface area (Å²) in [6, 6.07) is 8.77. The molecule has 2 N–H and O–H groups in total. The van der Waals surface area contributed by atoms with Gasteiger partial charge in [-0.3, -0.25) is 0 Å². The zero-order chi connectivity index (χ0) is 14.7. The molecule has 0 aliphatic rings. The molecule has 0 saturated heterocycles. The molecule has 6 heteroatoms. The second-order valence-electron chi connectivity index (χ2n) is 4.16. The highest BCUT2D eigenvalue weighted by Crippen LogP contribution is 2.28. The van der Waals surface area contributed by atoms with Crippen LogP contribution in [0.4, 0.5) is 14.5 Å². The number of nitrogens with one attached hydrogen (secondary N) is 1. The number of aliphatic hydroxyl groups excluding tert-OH is 1. The molecule has 1 atom stereocenters. The van der Waals surface area contributed by atoms with Crippen LogP contribution in [0.1, 0.15) is 11.7 Å². The molecule has 0 aromatic heterocycles. The number of anilines is 1. The Morgan fingerprint density at radius 2 is 1.95 bits per heavy atom. The molecule has 2 nitrogen and oxygen atoms in total. The van der Waals surface area contributed by atoms with E-state index in [1.165, 1.54) is 0 Å². The number of hydrogen-bond donors (Lipinski definition) is 2. The van der Waals surface area contributed by atoms with Gasteiger partial charge < -0.3 is 10.4 Å². The van der Waals surface area contributed by atoms with Crippen molar-refractivity contribution in [3.63, 3.8) is 0 Å². The van der Waals surface area contributed by atoms with E-state index in [1.807, 2.05) is 0 Å². The van der Waals surface area contributed by atoms with Crippen LogP contribution in [0.2, 0.25) is 5.02 Å². The minimum Gasteiger partial charge on any atom is -0.387 e. The van der Waals surface area contributed by atoms with Crippen molar-refractivity contribution in [3.05, 3.63) is 63.1 Å². The summed E-state index contributed by atoms with van der Waals surface area (Å²) in [5, 5.41) is 13.2. The highest BCUT2D eigenvalue weighted by molar-refractivity contribution is 9.10. The van der Waals surface area contributed by atoms with E-state index in [-0.39, 0.29) is 16.7 Å². The molecule has 0 saturated carbocycles. The van der Waals surface area contributed by atoms with Crippen LogP contribution in [0.5, 0.6) is 0 Å². The zero-order valence-electron chi connectivity index (χ0n) is 10.2. The minimum absolute atomic E-state index is 0.0465. The zero-order valence-corrected chi connectivity index (χ0v) is 12.5. The van der Waals surface area contributed by atoms with Gasteiger partial charge in [0.1, 0.15) is 11.6 Å². The Morgan fingerprint density at radius 1 is 1.25 bits per heavy atom. The maximum absolute atomic E-state index is 13.6. The average Bonchev–Trinajstić information content (AvgIpc) is 2.37. The van der Waals surface area contributed by atoms with Crippen LogP contribution in [0.3, 0.4) is 0 Å². The van der Waals surface area contributed by atoms with Gasteiger partial charge in [0.05, 0.1) is 11.8 Å². The third-order valence-corrected chi connectivity index (χ3v) is 3.71. The third-order valence-electron chi connectivity index (χ3n) is 2.74. The lowest BCUT2D eigenvalue weighted by atomic mass is 10.1. The summed E-state index contributed by atoms with van der Waals surface area (Å²) in [7, 11) is 0. The molecule has 106 valence electrons. The second-order valence-corrected chi connectivity index (χ2v) is 5.42. The van der Waals surface area contributed by atoms with Gasteiger partial charge in [0.2, 0.25) is 0 Å². The lowest BCUT2D eigenvalue weighted by Crippen LogP contribution is -2.14. The predicted octanol–water partition coefficient (Wildman–Crippen LogP) is 4.53. The Hall–Kier alpha value is -1.17. The maximum atomic E-state index is 13.6. The highest BCUT2D eigenvalue weighted by Gasteiger charge is 2.14. The van der Waals surface area contributed by atoms with E-state index in [0.29, 0.717) is 10.6 Å². The van der Waals surface area contributed by atoms with E-state index in [9.17, 15) is 13.9 Å². The summed E-state index contributed by atoms with van der Waals surface area (Å²) >= 11 is 9.03. The quantitative estimate of drug-likeness (QED) is 0.838. The van der Waals surface area contributed by atoms with E-state index in [1.54, 1.807) is 24.3 Å². The fourth-order valence-electron chi connectivity index (χ4n) is 1.77. The number of benzene rings is 2. The number of hydrogen-bond acceptors (Lipinski definition) is 2. The van der Waals surface area contributed by atoms with Gasteiger partial charge in [-0.25, -0.2) is 8.78 Å². The van der Waals surface area contributed by atoms with Gasteiger partial charge in [-0.1, -0.05) is 29.8 Å². The predicted molar refractivity (Wildman–Crippen MR) is 79.0 cm³/mol. The first kappa shape index (κ1) is 15.2. The Bertz CT molecular complexity index is 601. The van der Waals surface area contributed by atoms with Gasteiger partial charge in [0.25, 0.3) is 0 Å². The Balaban J connectivity index is 2.12. The minimum atomic E-state index is -0.903. The first-order valence-corrected chi connectivity index (χ1v) is 6.97. The number of halogens is 4. The first-order chi connectivity index (χ1) is 9.49. The van der Waals surface area contributed by atoms with Crippen LogP contribution in [0.15, 0.2) is 40.9 Å². The van der Waals surface area contributed by atoms with Crippen molar-refractivity contribution < 1.29 is 13.9 Å². The molecule has 2 aromatic rings. The van der Waals surface area contributed by atoms with Crippen molar-refractivity contribution in [3.8, 4) is 0 Å². The molecule has 0 heterocycles. The molecule has 0 amide bonds. The second kappa shape index (κ2) is 6.52. The summed E-state index contributed by atoms with van der Waals surface area (Å²) in [4.78, 5) is 0. The van der Waals surface area contributed by atoms with Crippen molar-refractivity contribution >= 4 is 33.2 Å². The topological polar surface area (TPSA) is 32.3 Å². The average molecular weight is 363 g/mol. The molecular formula is C14H11BrClF2NO. The molecule has 0 radical (unpaired) electrons. The van der Waals surface area contributed by atoms with Crippen LogP contribution in [0, 0.1) is 11.6 Å². The smallest absolute Gasteiger partial charge is 0.150 e. The van der Waals surface area contributed by atoms with Crippen LogP contribution in [0.25, 0.3) is 0 Å². The van der Waals surface area contributed by atoms with E-state index in [4.69, 9.17) is 11.6 Å². The molecular weight excluding hydrogens is 352 g/mol. The SMILES string of the molecule is OC(CNc1c(F)cc(F)cc1Br)c1ccccc1Cl. The summed E-state index contributed by atoms with van der Waals surface area (Å²) in [6.07, 6.45) is -0.903. The van der Waals surface area contributed by atoms with E-state index >= 15 is 0 Å². The molecule has 0 bridgehead atoms. The summed E-state index contributed by atoms with van der Waals surface area (Å²) in [6.45, 7) is 0.0465. The summed E-state index contributed by atoms with van der Waals surface area (Å²) < 4.78 is 26.8. The fourth-order valence-corrected chi connectivity index (χ4v) is 2.58. The van der Waals surface area contributed by atoms with E-state index in [0.717, 1.165) is 12.1 Å². The van der Waals surface area contributed by atoms with Gasteiger partial charge >= 0.3 is 0 Å². The van der Waals surface area contributed by atoms with Gasteiger partial charge in [-0.2, -0.15) is 0 Å². The molecule has 2 rings (SSSR count). The van der Waals surface area contributed by atoms with Crippen LogP contribution < -0.4 is 5.32 Å². The van der Waals surface area contributed by atoms with Crippen molar-refractivity contribution in [2.24, 2.45) is 0 Å². The Labute approximate surface area is 128 Å². The third kappa shape index (κ3) is 3.48. The molecule has 20 heavy (non-hydrogen) atoms. The highest BCUT2D eigenvalue weighted by atomic mass is 79.9. The van der Waals surface area contributed by atoms with E-state index < -0.39 is 17.7 Å². The van der Waals surface area contributed by atoms with Crippen LogP contribution >= 0.6 is 27.5 Å². The van der Waals surface area contributed by atoms with Crippen LogP contribution in [-0.4, -0.2) is 11.7 Å². The lowest BCUT2D eigenvalue weighted by molar-refractivity contribution is 0.191. The largest absolute Gasteiger partial charge is 0.387 e. The first-order valence-electron chi connectivity index (χ1n) is 5.80. The number of aliphatic hydroxyl groups is 1. The summed E-state index contributed by atoms with van der Waals surface area (Å²) in [5.74, 6) is -1.41. The molecule has 0 aliphatic carbocycles. The Morgan fingerprint density at radius 3 is 2.60 bits per heavy atom. The maximum Gasteiger partial charge on any atom is 0.150 e. The van der Waals surface area contributed by atoms with Crippen LogP contribution in [-0.2, 0) is 0 Å². The van der Waals surface area contributed by atoms with Gasteiger partial charge in [-0.05, 0) is 28.1 Å². The van der Waals surface area contributed by atoms with E-state index in [2.05, 4.69) is 21.2 Å².